The summed E-state index contributed by atoms with van der Waals surface area (Å²) in [6.45, 7) is 38.2. The van der Waals surface area contributed by atoms with Crippen LogP contribution in [-0.4, -0.2) is 69.0 Å². The van der Waals surface area contributed by atoms with Crippen LogP contribution < -0.4 is 28.7 Å². The monoisotopic (exact) mass is 1900 g/mol. The van der Waals surface area contributed by atoms with Gasteiger partial charge >= 0.3 is 0 Å². The molecule has 0 aliphatic carbocycles. The van der Waals surface area contributed by atoms with Crippen LogP contribution in [0.4, 0.5) is 45.5 Å². The normalized spacial score (nSPS) is 12.2. The second kappa shape index (κ2) is 48.0. The van der Waals surface area contributed by atoms with Crippen molar-refractivity contribution in [1.29, 1.82) is 0 Å². The molecule has 0 atom stereocenters. The summed E-state index contributed by atoms with van der Waals surface area (Å²) in [7, 11) is 0. The maximum atomic E-state index is 11.9. The van der Waals surface area contributed by atoms with E-state index in [0.717, 1.165) is 133 Å². The maximum absolute atomic E-state index is 11.9. The van der Waals surface area contributed by atoms with Crippen molar-refractivity contribution in [3.63, 3.8) is 0 Å². The van der Waals surface area contributed by atoms with Gasteiger partial charge in [0.2, 0.25) is 0 Å². The summed E-state index contributed by atoms with van der Waals surface area (Å²) in [6, 6.07) is 89.0. The molecule has 0 bridgehead atoms. The Balaban J connectivity index is 0.965. The van der Waals surface area contributed by atoms with Gasteiger partial charge in [-0.1, -0.05) is 373 Å². The molecule has 0 saturated carbocycles. The van der Waals surface area contributed by atoms with Gasteiger partial charge in [0.25, 0.3) is 0 Å². The summed E-state index contributed by atoms with van der Waals surface area (Å²) in [5.74, 6) is 2.63. The van der Waals surface area contributed by atoms with E-state index in [2.05, 4.69) is 303 Å². The van der Waals surface area contributed by atoms with Crippen LogP contribution in [0.2, 0.25) is 0 Å². The van der Waals surface area contributed by atoms with Crippen molar-refractivity contribution < 1.29 is 29.2 Å². The Hall–Kier alpha value is -13.2. The molecule has 0 spiro atoms. The van der Waals surface area contributed by atoms with Gasteiger partial charge in [0.1, 0.15) is 11.5 Å². The average Bonchev–Trinajstić information content (AvgIpc) is 0.732. The van der Waals surface area contributed by atoms with Crippen molar-refractivity contribution in [3.05, 3.63) is 288 Å². The van der Waals surface area contributed by atoms with E-state index < -0.39 is 0 Å². The lowest BCUT2D eigenvalue weighted by Crippen LogP contribution is -2.14. The number of unbranched alkanes of at least 4 members (excludes halogenated alkanes) is 20. The SMILES string of the molecule is CCCCCCCCOc1cc2nc3c(-c4ccc(N(c5ccc(C(C)(C)C)cc5)c5ccc(C(C)(C)C)cc5)cc4)ccc(-c4ccc(-c5ccc(-c6ccc(N(c7ccc(C(C)(C)C)cc7)c7ccc(C(C)(C)C)cc7)cc6)c6nc7cc(OCCCCCCCC)c(OCCCCCCCC)cc7nc56)c(N=Cc5ccccc5O)c4N=Cc4ccccc4O)c3nc2cc1OCCCCCCCC. The molecule has 0 aliphatic heterocycles. The predicted octanol–water partition coefficient (Wildman–Crippen LogP) is 36.5. The molecule has 15 rings (SSSR count). The number of aliphatic imine (C=N–C) groups is 2. The highest BCUT2D eigenvalue weighted by Crippen LogP contribution is 2.52. The third-order valence-electron chi connectivity index (χ3n) is 27.4. The van der Waals surface area contributed by atoms with Crippen LogP contribution in [0.15, 0.2) is 265 Å². The molecule has 0 amide bonds. The van der Waals surface area contributed by atoms with Crippen LogP contribution in [0.3, 0.4) is 0 Å². The first kappa shape index (κ1) is 103. The number of phenols is 2. The molecule has 0 fully saturated rings. The third kappa shape index (κ3) is 26.0. The molecular formula is C128H150N8O6. The van der Waals surface area contributed by atoms with E-state index in [-0.39, 0.29) is 33.2 Å². The third-order valence-corrected chi connectivity index (χ3v) is 27.4. The first-order valence-electron chi connectivity index (χ1n) is 52.8. The first-order valence-corrected chi connectivity index (χ1v) is 52.8. The number of hydrogen-bond acceptors (Lipinski definition) is 14. The number of benzene rings is 13. The number of nitrogens with zero attached hydrogens (tertiary/aromatic N) is 8. The minimum atomic E-state index is -0.0365. The summed E-state index contributed by atoms with van der Waals surface area (Å²) in [5, 5.41) is 23.7. The average molecular weight is 1900 g/mol. The highest BCUT2D eigenvalue weighted by molar-refractivity contribution is 6.12. The summed E-state index contributed by atoms with van der Waals surface area (Å²) < 4.78 is 27.5. The van der Waals surface area contributed by atoms with E-state index in [1.807, 2.05) is 60.7 Å². The highest BCUT2D eigenvalue weighted by atomic mass is 16.5. The second-order valence-electron chi connectivity index (χ2n) is 42.6. The molecule has 2 aromatic heterocycles. The number of rotatable bonds is 46. The lowest BCUT2D eigenvalue weighted by atomic mass is 9.86. The fraction of sp³-hybridized carbons (Fsp3) is 0.375. The number of aromatic nitrogens is 4. The van der Waals surface area contributed by atoms with Crippen LogP contribution in [0.25, 0.3) is 88.6 Å². The van der Waals surface area contributed by atoms with Gasteiger partial charge in [-0.2, -0.15) is 0 Å². The smallest absolute Gasteiger partial charge is 0.163 e. The first-order chi connectivity index (χ1) is 68.6. The van der Waals surface area contributed by atoms with Gasteiger partial charge in [0.05, 0.1) is 81.9 Å². The zero-order valence-electron chi connectivity index (χ0n) is 87.3. The molecule has 13 aromatic carbocycles. The Morgan fingerprint density at radius 2 is 0.472 bits per heavy atom. The molecule has 0 saturated heterocycles. The zero-order valence-corrected chi connectivity index (χ0v) is 87.3. The molecule has 0 unspecified atom stereocenters. The van der Waals surface area contributed by atoms with Gasteiger partial charge < -0.3 is 39.0 Å². The Morgan fingerprint density at radius 3 is 0.718 bits per heavy atom. The molecule has 2 heterocycles. The topological polar surface area (TPSA) is 160 Å². The second-order valence-corrected chi connectivity index (χ2v) is 42.6. The Labute approximate surface area is 845 Å². The quantitative estimate of drug-likeness (QED) is 0.0211. The van der Waals surface area contributed by atoms with E-state index in [1.165, 1.54) is 99.3 Å². The summed E-state index contributed by atoms with van der Waals surface area (Å²) >= 11 is 0. The van der Waals surface area contributed by atoms with Crippen molar-refractivity contribution in [1.82, 2.24) is 19.9 Å². The molecule has 14 nitrogen and oxygen atoms in total. The Morgan fingerprint density at radius 1 is 0.254 bits per heavy atom. The maximum Gasteiger partial charge on any atom is 0.163 e. The fourth-order valence-electron chi connectivity index (χ4n) is 18.8. The van der Waals surface area contributed by atoms with Gasteiger partial charge in [0.15, 0.2) is 23.0 Å². The van der Waals surface area contributed by atoms with Crippen molar-refractivity contribution in [3.8, 4) is 79.0 Å². The van der Waals surface area contributed by atoms with Crippen LogP contribution in [0.1, 0.15) is 298 Å². The van der Waals surface area contributed by atoms with Crippen LogP contribution in [-0.2, 0) is 21.7 Å². The minimum absolute atomic E-state index is 0.0365. The minimum Gasteiger partial charge on any atom is -0.507 e. The number of para-hydroxylation sites is 2. The lowest BCUT2D eigenvalue weighted by molar-refractivity contribution is 0.259. The van der Waals surface area contributed by atoms with Crippen molar-refractivity contribution >= 4 is 102 Å². The van der Waals surface area contributed by atoms with E-state index in [9.17, 15) is 10.2 Å². The Kier molecular flexibility index (Phi) is 34.9. The highest BCUT2D eigenvalue weighted by Gasteiger charge is 2.29. The number of anilines is 6. The lowest BCUT2D eigenvalue weighted by Gasteiger charge is -2.28. The van der Waals surface area contributed by atoms with Crippen molar-refractivity contribution in [2.75, 3.05) is 36.2 Å². The van der Waals surface area contributed by atoms with Gasteiger partial charge in [-0.05, 0) is 178 Å². The van der Waals surface area contributed by atoms with Crippen LogP contribution >= 0.6 is 0 Å². The molecule has 142 heavy (non-hydrogen) atoms. The van der Waals surface area contributed by atoms with E-state index in [1.54, 1.807) is 24.6 Å². The number of aromatic hydroxyl groups is 2. The largest absolute Gasteiger partial charge is 0.507 e. The van der Waals surface area contributed by atoms with Gasteiger partial charge in [0, 0.05) is 115 Å². The predicted molar refractivity (Wildman–Crippen MR) is 600 cm³/mol. The number of phenolic OH excluding ortho intramolecular Hbond substituents is 2. The molecule has 0 aliphatic rings. The zero-order chi connectivity index (χ0) is 99.9. The van der Waals surface area contributed by atoms with Crippen LogP contribution in [0.5, 0.6) is 34.5 Å². The molecule has 0 radical (unpaired) electrons. The standard InChI is InChI=1S/C128H150N8O6/c1-17-21-25-29-33-41-79-139-115-83-109-111(85-117(115)141-81-43-35-31-27-23-19-3)133-123-107(75-73-103(121(123)131-109)89-49-61-97(62-50-89)135(99-65-53-93(54-66-99)125(5,6)7)100-67-55-94(56-68-100)126(8,9)10)105-77-78-106(120(130-88-92-46-38-40-48-114(92)138)119(105)129-87-91-45-37-39-47-113(91)137)108-76-74-104(90-51-63-98(64-52-90)136(101-69-57-95(58-70-101)127(11,12)13)102-71-59-96(60-72-102)128(14,15)16)122-124(108)134-112-86-118(142-82-44-36-32-28-24-20-4)116(84-110(112)132-122)140-80-42-34-30-26-22-18-2/h37-40,45-78,83-88,137-138H,17-36,41-44,79-82H2,1-16H3. The summed E-state index contributed by atoms with van der Waals surface area (Å²) in [5.41, 5.74) is 24.2. The number of fused-ring (bicyclic) bond motifs is 4. The molecule has 2 N–H and O–H groups in total. The van der Waals surface area contributed by atoms with Gasteiger partial charge in [-0.25, -0.2) is 19.9 Å². The van der Waals surface area contributed by atoms with Crippen molar-refractivity contribution in [2.24, 2.45) is 9.98 Å². The van der Waals surface area contributed by atoms with E-state index in [4.69, 9.17) is 48.9 Å². The van der Waals surface area contributed by atoms with Gasteiger partial charge in [-0.15, -0.1) is 0 Å². The van der Waals surface area contributed by atoms with E-state index >= 15 is 0 Å². The number of ether oxygens (including phenoxy) is 4. The molecular weight excluding hydrogens is 1750 g/mol. The number of hydrogen-bond donors (Lipinski definition) is 2. The van der Waals surface area contributed by atoms with Crippen LogP contribution in [0, 0.1) is 0 Å². The molecule has 14 heteroatoms. The fourth-order valence-corrected chi connectivity index (χ4v) is 18.8. The molecule has 15 aromatic rings. The summed E-state index contributed by atoms with van der Waals surface area (Å²) in [6.07, 6.45) is 30.3. The summed E-state index contributed by atoms with van der Waals surface area (Å²) in [4.78, 5) is 39.4. The van der Waals surface area contributed by atoms with Gasteiger partial charge in [-0.3, -0.25) is 9.98 Å². The van der Waals surface area contributed by atoms with Crippen molar-refractivity contribution in [2.45, 2.75) is 287 Å². The molecule has 738 valence electrons. The van der Waals surface area contributed by atoms with E-state index in [0.29, 0.717) is 138 Å². The Bertz CT molecular complexity index is 6240.